The average molecular weight is 261 g/mol. The monoisotopic (exact) mass is 261 g/mol. The Morgan fingerprint density at radius 1 is 1.39 bits per heavy atom. The fourth-order valence-corrected chi connectivity index (χ4v) is 2.87. The molecule has 95 valence electrons. The summed E-state index contributed by atoms with van der Waals surface area (Å²) in [6.45, 7) is 5.59. The molecule has 3 rings (SSSR count). The van der Waals surface area contributed by atoms with Crippen LogP contribution in [0.5, 0.6) is 11.6 Å². The fraction of sp³-hybridized carbons (Fsp3) is 0.615. The molecule has 0 spiro atoms. The minimum Gasteiger partial charge on any atom is -0.484 e. The van der Waals surface area contributed by atoms with Crippen molar-refractivity contribution in [2.24, 2.45) is 0 Å². The molecule has 2 aliphatic heterocycles. The minimum absolute atomic E-state index is 0.321. The van der Waals surface area contributed by atoms with Crippen LogP contribution in [0.15, 0.2) is 12.1 Å². The van der Waals surface area contributed by atoms with E-state index in [4.69, 9.17) is 9.47 Å². The summed E-state index contributed by atoms with van der Waals surface area (Å²) in [5.41, 5.74) is 1.66. The van der Waals surface area contributed by atoms with Gasteiger partial charge in [0, 0.05) is 16.3 Å². The molecule has 1 aromatic heterocycles. The largest absolute Gasteiger partial charge is 0.484 e. The van der Waals surface area contributed by atoms with Gasteiger partial charge in [-0.25, -0.2) is 4.98 Å². The van der Waals surface area contributed by atoms with Crippen LogP contribution in [0.3, 0.4) is 0 Å². The van der Waals surface area contributed by atoms with E-state index in [2.05, 4.69) is 27.1 Å². The first-order valence-electron chi connectivity index (χ1n) is 6.46. The van der Waals surface area contributed by atoms with Crippen LogP contribution in [0.25, 0.3) is 0 Å². The molecule has 3 heterocycles. The minimum atomic E-state index is 0.321. The number of likely N-dealkylation sites (tertiary alicyclic amines) is 1. The van der Waals surface area contributed by atoms with Gasteiger partial charge >= 0.3 is 0 Å². The van der Waals surface area contributed by atoms with Crippen molar-refractivity contribution in [1.29, 1.82) is 0 Å². The van der Waals surface area contributed by atoms with E-state index in [1.807, 2.05) is 12.1 Å². The third-order valence-corrected chi connectivity index (χ3v) is 4.09. The Morgan fingerprint density at radius 3 is 3.00 bits per heavy atom. The summed E-state index contributed by atoms with van der Waals surface area (Å²) in [6, 6.07) is 4.33. The number of hydrogen-bond acceptors (Lipinski definition) is 4. The van der Waals surface area contributed by atoms with Crippen molar-refractivity contribution in [2.75, 3.05) is 26.3 Å². The molecular formula is C13H17N2O2Si. The molecule has 4 nitrogen and oxygen atoms in total. The Morgan fingerprint density at radius 2 is 2.22 bits per heavy atom. The van der Waals surface area contributed by atoms with Gasteiger partial charge in [-0.05, 0) is 44.1 Å². The quantitative estimate of drug-likeness (QED) is 0.757. The molecule has 0 aliphatic carbocycles. The lowest BCUT2D eigenvalue weighted by Gasteiger charge is -2.25. The van der Waals surface area contributed by atoms with Gasteiger partial charge in [-0.15, -0.1) is 0 Å². The zero-order chi connectivity index (χ0) is 12.5. The summed E-state index contributed by atoms with van der Waals surface area (Å²) in [5, 5.41) is 0. The molecule has 0 aromatic carbocycles. The van der Waals surface area contributed by atoms with Crippen molar-refractivity contribution in [3.05, 3.63) is 17.8 Å². The first kappa shape index (κ1) is 12.0. The number of hydrogen-bond donors (Lipinski definition) is 0. The first-order valence-corrected chi connectivity index (χ1v) is 7.03. The normalized spacial score (nSPS) is 25.1. The molecule has 2 aliphatic rings. The Kier molecular flexibility index (Phi) is 3.26. The van der Waals surface area contributed by atoms with E-state index in [-0.39, 0.29) is 0 Å². The van der Waals surface area contributed by atoms with Crippen LogP contribution in [0.4, 0.5) is 0 Å². The highest BCUT2D eigenvalue weighted by molar-refractivity contribution is 6.11. The van der Waals surface area contributed by atoms with Crippen LogP contribution in [-0.2, 0) is 0 Å². The molecule has 0 bridgehead atoms. The number of fused-ring (bicyclic) bond motifs is 1. The van der Waals surface area contributed by atoms with Gasteiger partial charge in [0.2, 0.25) is 0 Å². The van der Waals surface area contributed by atoms with E-state index < -0.39 is 0 Å². The molecule has 5 heteroatoms. The van der Waals surface area contributed by atoms with E-state index >= 15 is 0 Å². The van der Waals surface area contributed by atoms with Crippen molar-refractivity contribution in [3.8, 4) is 11.6 Å². The Balaban J connectivity index is 1.79. The molecule has 1 fully saturated rings. The zero-order valence-electron chi connectivity index (χ0n) is 10.6. The first-order chi connectivity index (χ1) is 8.74. The number of ether oxygens (including phenoxy) is 2. The Hall–Kier alpha value is -1.07. The molecule has 1 aromatic rings. The average Bonchev–Trinajstić information content (AvgIpc) is 2.84. The van der Waals surface area contributed by atoms with Gasteiger partial charge in [0.25, 0.3) is 5.88 Å². The van der Waals surface area contributed by atoms with Crippen molar-refractivity contribution in [2.45, 2.75) is 24.9 Å². The number of pyridine rings is 1. The van der Waals surface area contributed by atoms with Crippen molar-refractivity contribution >= 4 is 10.2 Å². The van der Waals surface area contributed by atoms with Gasteiger partial charge < -0.3 is 9.47 Å². The molecular weight excluding hydrogens is 244 g/mol. The molecule has 2 atom stereocenters. The van der Waals surface area contributed by atoms with Gasteiger partial charge in [0.05, 0.1) is 5.69 Å². The third-order valence-electron chi connectivity index (χ3n) is 3.62. The van der Waals surface area contributed by atoms with Crippen molar-refractivity contribution < 1.29 is 9.47 Å². The third kappa shape index (κ3) is 2.24. The van der Waals surface area contributed by atoms with Crippen LogP contribution in [0, 0.1) is 0 Å². The van der Waals surface area contributed by atoms with Gasteiger partial charge in [0.15, 0.2) is 5.75 Å². The number of rotatable bonds is 2. The van der Waals surface area contributed by atoms with E-state index in [0.29, 0.717) is 30.7 Å². The number of nitrogens with zero attached hydrogens (tertiary/aromatic N) is 2. The maximum Gasteiger partial charge on any atom is 0.257 e. The highest BCUT2D eigenvalue weighted by atomic mass is 28.1. The van der Waals surface area contributed by atoms with Crippen molar-refractivity contribution in [3.63, 3.8) is 0 Å². The fourth-order valence-electron chi connectivity index (χ4n) is 2.50. The summed E-state index contributed by atoms with van der Waals surface area (Å²) < 4.78 is 11.0. The van der Waals surface area contributed by atoms with Crippen molar-refractivity contribution in [1.82, 2.24) is 9.88 Å². The highest BCUT2D eigenvalue weighted by Gasteiger charge is 2.26. The second-order valence-electron chi connectivity index (χ2n) is 4.89. The van der Waals surface area contributed by atoms with E-state index in [1.54, 1.807) is 0 Å². The number of aromatic nitrogens is 1. The molecule has 2 unspecified atom stereocenters. The summed E-state index contributed by atoms with van der Waals surface area (Å²) in [6.07, 6.45) is 1.20. The molecule has 3 radical (unpaired) electrons. The molecule has 18 heavy (non-hydrogen) atoms. The summed E-state index contributed by atoms with van der Waals surface area (Å²) in [5.74, 6) is 1.40. The molecule has 0 N–H and O–H groups in total. The summed E-state index contributed by atoms with van der Waals surface area (Å²) >= 11 is 0. The topological polar surface area (TPSA) is 34.6 Å². The van der Waals surface area contributed by atoms with Gasteiger partial charge in [-0.1, -0.05) is 0 Å². The van der Waals surface area contributed by atoms with Crippen LogP contribution in [-0.4, -0.2) is 46.4 Å². The SMILES string of the molecule is CC(c1ccc2c(n1)OCCO2)N1CCC([Si])C1. The maximum atomic E-state index is 5.53. The summed E-state index contributed by atoms with van der Waals surface area (Å²) in [7, 11) is 3.72. The standard InChI is InChI=1S/C13H17N2O2Si/c1-9(15-5-4-10(18)8-15)11-2-3-12-13(14-11)17-7-6-16-12/h2-3,9-10H,4-8H2,1H3. The summed E-state index contributed by atoms with van der Waals surface area (Å²) in [4.78, 5) is 7.02. The van der Waals surface area contributed by atoms with Crippen LogP contribution >= 0.6 is 0 Å². The lowest BCUT2D eigenvalue weighted by molar-refractivity contribution is 0.162. The second-order valence-corrected chi connectivity index (χ2v) is 5.71. The molecule has 0 saturated carbocycles. The second kappa shape index (κ2) is 4.89. The van der Waals surface area contributed by atoms with Gasteiger partial charge in [-0.2, -0.15) is 0 Å². The molecule has 0 amide bonds. The van der Waals surface area contributed by atoms with Gasteiger partial charge in [0.1, 0.15) is 13.2 Å². The zero-order valence-corrected chi connectivity index (χ0v) is 11.6. The Labute approximate surface area is 111 Å². The van der Waals surface area contributed by atoms with Crippen LogP contribution in [0.1, 0.15) is 25.1 Å². The van der Waals surface area contributed by atoms with Gasteiger partial charge in [-0.3, -0.25) is 4.90 Å². The maximum absolute atomic E-state index is 5.53. The van der Waals surface area contributed by atoms with E-state index in [9.17, 15) is 0 Å². The van der Waals surface area contributed by atoms with E-state index in [0.717, 1.165) is 24.5 Å². The van der Waals surface area contributed by atoms with E-state index in [1.165, 1.54) is 6.42 Å². The Bertz CT molecular complexity index is 441. The smallest absolute Gasteiger partial charge is 0.257 e. The highest BCUT2D eigenvalue weighted by Crippen LogP contribution is 2.32. The predicted octanol–water partition coefficient (Wildman–Crippen LogP) is 1.58. The lowest BCUT2D eigenvalue weighted by Crippen LogP contribution is -2.25. The van der Waals surface area contributed by atoms with Crippen LogP contribution in [0.2, 0.25) is 5.54 Å². The molecule has 1 saturated heterocycles. The van der Waals surface area contributed by atoms with Crippen LogP contribution < -0.4 is 9.47 Å². The predicted molar refractivity (Wildman–Crippen MR) is 69.3 cm³/mol. The lowest BCUT2D eigenvalue weighted by atomic mass is 10.2.